The number of unbranched alkanes of at least 4 members (excludes halogenated alkanes) is 24. The van der Waals surface area contributed by atoms with Crippen LogP contribution in [-0.2, 0) is 25.5 Å². The van der Waals surface area contributed by atoms with E-state index in [1.165, 1.54) is 128 Å². The molecule has 0 aromatic carbocycles. The average Bonchev–Trinajstić information content (AvgIpc) is 3.65. The predicted octanol–water partition coefficient (Wildman–Crippen LogP) is 12.3. The Labute approximate surface area is 313 Å². The largest absolute Gasteiger partial charge is 0.464 e. The SMILES string of the molecule is CCCCCCCC/C=C\CCCCCCCC(=O)N(C(=O)C=CCCCCCCCCCCCCCCC)[C@@H](Cc1cnc[nH]1)C(=O)OCC. The number of imidazole rings is 1. The van der Waals surface area contributed by atoms with Crippen molar-refractivity contribution in [1.29, 1.82) is 0 Å². The summed E-state index contributed by atoms with van der Waals surface area (Å²) in [5.41, 5.74) is 0.677. The number of nitrogens with one attached hydrogen (secondary N) is 1. The van der Waals surface area contributed by atoms with Crippen LogP contribution in [0.4, 0.5) is 0 Å². The lowest BCUT2D eigenvalue weighted by Gasteiger charge is -2.27. The molecule has 0 aliphatic heterocycles. The van der Waals surface area contributed by atoms with Gasteiger partial charge in [0.25, 0.3) is 5.91 Å². The van der Waals surface area contributed by atoms with Crippen LogP contribution in [0.25, 0.3) is 0 Å². The van der Waals surface area contributed by atoms with Crippen LogP contribution in [0.1, 0.15) is 206 Å². The molecule has 7 heteroatoms. The Balaban J connectivity index is 2.49. The molecule has 0 aliphatic carbocycles. The number of allylic oxidation sites excluding steroid dienone is 3. The van der Waals surface area contributed by atoms with Gasteiger partial charge in [0.15, 0.2) is 0 Å². The van der Waals surface area contributed by atoms with Crippen molar-refractivity contribution in [1.82, 2.24) is 14.9 Å². The molecule has 0 spiro atoms. The normalized spacial score (nSPS) is 12.2. The Kier molecular flexibility index (Phi) is 31.2. The van der Waals surface area contributed by atoms with E-state index in [2.05, 4.69) is 36.0 Å². The minimum absolute atomic E-state index is 0.148. The molecule has 51 heavy (non-hydrogen) atoms. The standard InChI is InChI=1S/C44H77N3O4/c1-4-7-9-11-13-15-17-19-21-23-25-27-29-31-33-35-42(48)47(41(44(50)51-6-3)37-40-38-45-39-46-40)43(49)36-34-32-30-28-26-24-22-20-18-16-14-12-10-8-5-2/h19,21,34,36,38-39,41H,4-18,20,22-33,35,37H2,1-3H3,(H,45,46)/b21-19-,36-34?/t41-/m0/s1. The van der Waals surface area contributed by atoms with Crippen molar-refractivity contribution in [3.8, 4) is 0 Å². The van der Waals surface area contributed by atoms with Gasteiger partial charge in [-0.3, -0.25) is 14.5 Å². The monoisotopic (exact) mass is 712 g/mol. The minimum Gasteiger partial charge on any atom is -0.464 e. The number of carbonyl (C=O) groups excluding carboxylic acids is 3. The van der Waals surface area contributed by atoms with Crippen molar-refractivity contribution in [2.24, 2.45) is 0 Å². The number of imide groups is 1. The summed E-state index contributed by atoms with van der Waals surface area (Å²) in [7, 11) is 0. The van der Waals surface area contributed by atoms with Crippen LogP contribution in [0.5, 0.6) is 0 Å². The number of esters is 1. The number of aromatic nitrogens is 2. The first-order chi connectivity index (χ1) is 25.0. The number of hydrogen-bond acceptors (Lipinski definition) is 5. The molecule has 7 nitrogen and oxygen atoms in total. The maximum Gasteiger partial charge on any atom is 0.329 e. The molecule has 0 fully saturated rings. The lowest BCUT2D eigenvalue weighted by Crippen LogP contribution is -2.50. The van der Waals surface area contributed by atoms with E-state index in [9.17, 15) is 14.4 Å². The van der Waals surface area contributed by atoms with Gasteiger partial charge >= 0.3 is 5.97 Å². The number of hydrogen-bond donors (Lipinski definition) is 1. The number of ether oxygens (including phenoxy) is 1. The third kappa shape index (κ3) is 25.8. The van der Waals surface area contributed by atoms with E-state index >= 15 is 0 Å². The molecule has 2 amide bonds. The molecular formula is C44H77N3O4. The summed E-state index contributed by atoms with van der Waals surface area (Å²) in [6, 6.07) is -1.03. The van der Waals surface area contributed by atoms with Gasteiger partial charge in [0.05, 0.1) is 12.9 Å². The van der Waals surface area contributed by atoms with Crippen molar-refractivity contribution in [3.05, 3.63) is 42.5 Å². The van der Waals surface area contributed by atoms with E-state index in [4.69, 9.17) is 4.74 Å². The van der Waals surface area contributed by atoms with Gasteiger partial charge in [-0.15, -0.1) is 0 Å². The summed E-state index contributed by atoms with van der Waals surface area (Å²) in [5, 5.41) is 0. The number of amides is 2. The molecule has 0 saturated carbocycles. The van der Waals surface area contributed by atoms with E-state index < -0.39 is 17.9 Å². The Morgan fingerprint density at radius 3 is 1.55 bits per heavy atom. The van der Waals surface area contributed by atoms with Crippen molar-refractivity contribution in [2.45, 2.75) is 213 Å². The summed E-state index contributed by atoms with van der Waals surface area (Å²) in [6.45, 7) is 6.44. The quantitative estimate of drug-likeness (QED) is 0.0327. The van der Waals surface area contributed by atoms with Crippen molar-refractivity contribution >= 4 is 17.8 Å². The van der Waals surface area contributed by atoms with Crippen LogP contribution in [-0.4, -0.2) is 45.3 Å². The summed E-state index contributed by atoms with van der Waals surface area (Å²) in [4.78, 5) is 48.4. The molecule has 0 aliphatic rings. The number of nitrogens with zero attached hydrogens (tertiary/aromatic N) is 2. The van der Waals surface area contributed by atoms with Crippen molar-refractivity contribution in [2.75, 3.05) is 6.61 Å². The highest BCUT2D eigenvalue weighted by molar-refractivity contribution is 6.04. The van der Waals surface area contributed by atoms with Gasteiger partial charge in [0, 0.05) is 24.7 Å². The molecule has 1 heterocycles. The summed E-state index contributed by atoms with van der Waals surface area (Å²) >= 11 is 0. The molecule has 1 aromatic heterocycles. The minimum atomic E-state index is -1.03. The summed E-state index contributed by atoms with van der Waals surface area (Å²) < 4.78 is 5.35. The lowest BCUT2D eigenvalue weighted by atomic mass is 10.0. The van der Waals surface area contributed by atoms with E-state index in [-0.39, 0.29) is 25.4 Å². The zero-order valence-corrected chi connectivity index (χ0v) is 33.3. The van der Waals surface area contributed by atoms with Crippen LogP contribution in [0.2, 0.25) is 0 Å². The fraction of sp³-hybridized carbons (Fsp3) is 0.773. The maximum absolute atomic E-state index is 13.6. The van der Waals surface area contributed by atoms with Crippen molar-refractivity contribution < 1.29 is 19.1 Å². The van der Waals surface area contributed by atoms with Gasteiger partial charge in [-0.1, -0.05) is 160 Å². The number of H-pyrrole nitrogens is 1. The Morgan fingerprint density at radius 2 is 1.10 bits per heavy atom. The molecule has 0 radical (unpaired) electrons. The smallest absolute Gasteiger partial charge is 0.329 e. The van der Waals surface area contributed by atoms with Gasteiger partial charge in [-0.05, 0) is 57.9 Å². The van der Waals surface area contributed by atoms with E-state index in [1.54, 1.807) is 13.1 Å². The zero-order valence-electron chi connectivity index (χ0n) is 33.3. The number of rotatable bonds is 35. The van der Waals surface area contributed by atoms with Crippen LogP contribution in [0.3, 0.4) is 0 Å². The zero-order chi connectivity index (χ0) is 37.0. The summed E-state index contributed by atoms with van der Waals surface area (Å²) in [6.07, 6.45) is 44.5. The van der Waals surface area contributed by atoms with E-state index in [0.717, 1.165) is 56.3 Å². The average molecular weight is 712 g/mol. The molecule has 1 N–H and O–H groups in total. The first-order valence-corrected chi connectivity index (χ1v) is 21.4. The molecule has 1 atom stereocenters. The van der Waals surface area contributed by atoms with Crippen LogP contribution in [0, 0.1) is 0 Å². The molecule has 1 rings (SSSR count). The molecular weight excluding hydrogens is 635 g/mol. The maximum atomic E-state index is 13.6. The second-order valence-corrected chi connectivity index (χ2v) is 14.4. The Morgan fingerprint density at radius 1 is 0.647 bits per heavy atom. The highest BCUT2D eigenvalue weighted by Gasteiger charge is 2.35. The van der Waals surface area contributed by atoms with Crippen LogP contribution >= 0.6 is 0 Å². The highest BCUT2D eigenvalue weighted by Crippen LogP contribution is 2.17. The molecule has 0 saturated heterocycles. The number of aromatic amines is 1. The molecule has 1 aromatic rings. The van der Waals surface area contributed by atoms with Gasteiger partial charge in [-0.2, -0.15) is 0 Å². The first-order valence-electron chi connectivity index (χ1n) is 21.4. The van der Waals surface area contributed by atoms with Crippen LogP contribution in [0.15, 0.2) is 36.8 Å². The first kappa shape index (κ1) is 46.3. The second-order valence-electron chi connectivity index (χ2n) is 14.4. The van der Waals surface area contributed by atoms with Crippen molar-refractivity contribution in [3.63, 3.8) is 0 Å². The predicted molar refractivity (Wildman–Crippen MR) is 213 cm³/mol. The molecule has 292 valence electrons. The second kappa shape index (κ2) is 34.4. The molecule has 0 unspecified atom stereocenters. The third-order valence-electron chi connectivity index (χ3n) is 9.73. The Hall–Kier alpha value is -2.70. The van der Waals surface area contributed by atoms with Gasteiger partial charge < -0.3 is 9.72 Å². The lowest BCUT2D eigenvalue weighted by molar-refractivity contribution is -0.159. The molecule has 0 bridgehead atoms. The highest BCUT2D eigenvalue weighted by atomic mass is 16.5. The van der Waals surface area contributed by atoms with Gasteiger partial charge in [0.2, 0.25) is 5.91 Å². The van der Waals surface area contributed by atoms with E-state index in [1.807, 2.05) is 6.08 Å². The Bertz CT molecular complexity index is 1020. The number of carbonyl (C=O) groups is 3. The van der Waals surface area contributed by atoms with Crippen LogP contribution < -0.4 is 0 Å². The fourth-order valence-corrected chi connectivity index (χ4v) is 6.59. The topological polar surface area (TPSA) is 92.4 Å². The fourth-order valence-electron chi connectivity index (χ4n) is 6.59. The van der Waals surface area contributed by atoms with E-state index in [0.29, 0.717) is 12.1 Å². The summed E-state index contributed by atoms with van der Waals surface area (Å²) in [5.74, 6) is -1.33. The van der Waals surface area contributed by atoms with Gasteiger partial charge in [0.1, 0.15) is 6.04 Å². The third-order valence-corrected chi connectivity index (χ3v) is 9.73. The van der Waals surface area contributed by atoms with Gasteiger partial charge in [-0.25, -0.2) is 9.78 Å².